The first kappa shape index (κ1) is 19.8. The Morgan fingerprint density at radius 3 is 2.70 bits per heavy atom. The summed E-state index contributed by atoms with van der Waals surface area (Å²) in [5.74, 6) is 1.30. The van der Waals surface area contributed by atoms with Gasteiger partial charge in [0.15, 0.2) is 0 Å². The predicted molar refractivity (Wildman–Crippen MR) is 106 cm³/mol. The van der Waals surface area contributed by atoms with Crippen LogP contribution in [0.4, 0.5) is 4.79 Å². The number of aliphatic hydroxyl groups excluding tert-OH is 1. The second-order valence-electron chi connectivity index (χ2n) is 6.14. The number of nitrogens with zero attached hydrogens (tertiary/aromatic N) is 1. The summed E-state index contributed by atoms with van der Waals surface area (Å²) in [5, 5.41) is 12.1. The summed E-state index contributed by atoms with van der Waals surface area (Å²) in [6.45, 7) is 0.0202. The van der Waals surface area contributed by atoms with Crippen LogP contribution in [0.3, 0.4) is 0 Å². The first-order chi connectivity index (χ1) is 13.0. The number of hydrogen-bond donors (Lipinski definition) is 2. The number of amides is 3. The Morgan fingerprint density at radius 2 is 2.07 bits per heavy atom. The third-order valence-electron chi connectivity index (χ3n) is 4.25. The Labute approximate surface area is 165 Å². The Bertz CT molecular complexity index is 766. The smallest absolute Gasteiger partial charge is 0.293 e. The molecule has 2 fully saturated rings. The Morgan fingerprint density at radius 1 is 1.33 bits per heavy atom. The number of benzene rings is 1. The molecule has 3 amide bonds. The van der Waals surface area contributed by atoms with Gasteiger partial charge in [-0.3, -0.25) is 19.3 Å². The topological polar surface area (TPSA) is 95.9 Å². The molecular weight excluding hydrogens is 388 g/mol. The Hall–Kier alpha value is -1.97. The van der Waals surface area contributed by atoms with E-state index in [9.17, 15) is 19.5 Å². The number of aliphatic hydroxyl groups is 1. The quantitative estimate of drug-likeness (QED) is 0.692. The van der Waals surface area contributed by atoms with Crippen molar-refractivity contribution in [2.75, 3.05) is 25.2 Å². The largest absolute Gasteiger partial charge is 0.497 e. The highest BCUT2D eigenvalue weighted by Gasteiger charge is 2.35. The molecule has 7 nitrogen and oxygen atoms in total. The molecule has 0 radical (unpaired) electrons. The summed E-state index contributed by atoms with van der Waals surface area (Å²) in [4.78, 5) is 38.0. The van der Waals surface area contributed by atoms with E-state index < -0.39 is 12.0 Å². The van der Waals surface area contributed by atoms with Crippen molar-refractivity contribution in [2.45, 2.75) is 18.6 Å². The number of hydrogen-bond acceptors (Lipinski definition) is 7. The van der Waals surface area contributed by atoms with E-state index in [1.54, 1.807) is 49.2 Å². The first-order valence-electron chi connectivity index (χ1n) is 8.42. The molecule has 2 aliphatic rings. The molecule has 1 aromatic rings. The van der Waals surface area contributed by atoms with Crippen LogP contribution in [0.1, 0.15) is 12.0 Å². The van der Waals surface area contributed by atoms with Crippen LogP contribution in [0.2, 0.25) is 0 Å². The zero-order chi connectivity index (χ0) is 19.4. The molecule has 2 aliphatic heterocycles. The van der Waals surface area contributed by atoms with Crippen LogP contribution in [0.15, 0.2) is 29.2 Å². The highest BCUT2D eigenvalue weighted by atomic mass is 32.2. The molecule has 9 heteroatoms. The first-order valence-corrected chi connectivity index (χ1v) is 10.4. The molecule has 27 heavy (non-hydrogen) atoms. The summed E-state index contributed by atoms with van der Waals surface area (Å²) in [6, 6.07) is 6.87. The summed E-state index contributed by atoms with van der Waals surface area (Å²) >= 11 is 2.44. The van der Waals surface area contributed by atoms with Gasteiger partial charge >= 0.3 is 0 Å². The lowest BCUT2D eigenvalue weighted by Gasteiger charge is -2.17. The maximum absolute atomic E-state index is 12.5. The Balaban J connectivity index is 1.57. The minimum atomic E-state index is -0.552. The molecular formula is C18H20N2O5S2. The lowest BCUT2D eigenvalue weighted by Crippen LogP contribution is -2.43. The van der Waals surface area contributed by atoms with Crippen molar-refractivity contribution in [3.05, 3.63) is 34.7 Å². The van der Waals surface area contributed by atoms with Crippen molar-refractivity contribution in [1.82, 2.24) is 10.2 Å². The van der Waals surface area contributed by atoms with Gasteiger partial charge in [0.25, 0.3) is 11.1 Å². The summed E-state index contributed by atoms with van der Waals surface area (Å²) in [5.41, 5.74) is 0.784. The van der Waals surface area contributed by atoms with Crippen LogP contribution >= 0.6 is 23.5 Å². The molecule has 0 aliphatic carbocycles. The van der Waals surface area contributed by atoms with Crippen molar-refractivity contribution < 1.29 is 24.2 Å². The van der Waals surface area contributed by atoms with Gasteiger partial charge in [-0.1, -0.05) is 12.1 Å². The summed E-state index contributed by atoms with van der Waals surface area (Å²) < 4.78 is 5.09. The van der Waals surface area contributed by atoms with Crippen LogP contribution in [-0.4, -0.2) is 64.4 Å². The number of carbonyl (C=O) groups is 3. The normalized spacial score (nSPS) is 23.9. The van der Waals surface area contributed by atoms with Gasteiger partial charge in [0.2, 0.25) is 5.91 Å². The maximum Gasteiger partial charge on any atom is 0.293 e. The van der Waals surface area contributed by atoms with Crippen molar-refractivity contribution in [2.24, 2.45) is 0 Å². The minimum Gasteiger partial charge on any atom is -0.497 e. The average molecular weight is 409 g/mol. The standard InChI is InChI=1S/C18H20N2O5S2/c1-25-12-4-2-11(3-5-12)8-15-17(23)20(18(24)27-15)7-6-16(22)19-13-9-26-10-14(13)21/h2-5,8,13-14,21H,6-7,9-10H2,1H3,(H,19,22)/b15-8-/t13-,14-/m0/s1. The van der Waals surface area contributed by atoms with Crippen LogP contribution < -0.4 is 10.1 Å². The molecule has 0 unspecified atom stereocenters. The highest BCUT2D eigenvalue weighted by Crippen LogP contribution is 2.32. The van der Waals surface area contributed by atoms with E-state index in [2.05, 4.69) is 5.32 Å². The fourth-order valence-electron chi connectivity index (χ4n) is 2.72. The van der Waals surface area contributed by atoms with E-state index >= 15 is 0 Å². The van der Waals surface area contributed by atoms with Crippen LogP contribution in [0.25, 0.3) is 6.08 Å². The second kappa shape index (κ2) is 8.81. The van der Waals surface area contributed by atoms with E-state index in [1.165, 1.54) is 0 Å². The van der Waals surface area contributed by atoms with E-state index in [0.29, 0.717) is 22.2 Å². The third kappa shape index (κ3) is 4.85. The zero-order valence-corrected chi connectivity index (χ0v) is 16.3. The van der Waals surface area contributed by atoms with Crippen LogP contribution in [-0.2, 0) is 9.59 Å². The van der Waals surface area contributed by atoms with Crippen molar-refractivity contribution in [1.29, 1.82) is 0 Å². The molecule has 1 aromatic carbocycles. The van der Waals surface area contributed by atoms with Crippen LogP contribution in [0.5, 0.6) is 5.75 Å². The third-order valence-corrected chi connectivity index (χ3v) is 6.33. The predicted octanol–water partition coefficient (Wildman–Crippen LogP) is 1.71. The molecule has 0 spiro atoms. The molecule has 3 rings (SSSR count). The molecule has 144 valence electrons. The number of rotatable bonds is 6. The van der Waals surface area contributed by atoms with Gasteiger partial charge in [-0.15, -0.1) is 0 Å². The SMILES string of the molecule is COc1ccc(/C=C2\SC(=O)N(CCC(=O)N[C@H]3CSC[C@@H]3O)C2=O)cc1. The lowest BCUT2D eigenvalue weighted by molar-refractivity contribution is -0.124. The molecule has 2 heterocycles. The lowest BCUT2D eigenvalue weighted by atomic mass is 10.2. The highest BCUT2D eigenvalue weighted by molar-refractivity contribution is 8.18. The summed E-state index contributed by atoms with van der Waals surface area (Å²) in [6.07, 6.45) is 1.11. The minimum absolute atomic E-state index is 0.0156. The fraction of sp³-hybridized carbons (Fsp3) is 0.389. The van der Waals surface area contributed by atoms with E-state index in [0.717, 1.165) is 22.2 Å². The number of thioether (sulfide) groups is 2. The second-order valence-corrected chi connectivity index (χ2v) is 8.20. The number of nitrogens with one attached hydrogen (secondary N) is 1. The van der Waals surface area contributed by atoms with Gasteiger partial charge in [-0.05, 0) is 35.5 Å². The zero-order valence-electron chi connectivity index (χ0n) is 14.7. The molecule has 2 N–H and O–H groups in total. The van der Waals surface area contributed by atoms with Gasteiger partial charge in [-0.2, -0.15) is 11.8 Å². The summed E-state index contributed by atoms with van der Waals surface area (Å²) in [7, 11) is 1.57. The molecule has 0 aromatic heterocycles. The van der Waals surface area contributed by atoms with Gasteiger partial charge in [-0.25, -0.2) is 0 Å². The number of ether oxygens (including phenoxy) is 1. The fourth-order valence-corrected chi connectivity index (χ4v) is 4.75. The monoisotopic (exact) mass is 408 g/mol. The van der Waals surface area contributed by atoms with Gasteiger partial charge in [0, 0.05) is 24.5 Å². The van der Waals surface area contributed by atoms with Crippen molar-refractivity contribution in [3.8, 4) is 5.75 Å². The van der Waals surface area contributed by atoms with E-state index in [-0.39, 0.29) is 30.2 Å². The van der Waals surface area contributed by atoms with Gasteiger partial charge in [0.1, 0.15) is 5.75 Å². The molecule has 0 bridgehead atoms. The van der Waals surface area contributed by atoms with Crippen molar-refractivity contribution in [3.63, 3.8) is 0 Å². The van der Waals surface area contributed by atoms with Gasteiger partial charge < -0.3 is 15.2 Å². The van der Waals surface area contributed by atoms with E-state index in [4.69, 9.17) is 4.74 Å². The number of methoxy groups -OCH3 is 1. The Kier molecular flexibility index (Phi) is 6.46. The average Bonchev–Trinajstić information content (AvgIpc) is 3.17. The van der Waals surface area contributed by atoms with E-state index in [1.807, 2.05) is 0 Å². The van der Waals surface area contributed by atoms with Crippen LogP contribution in [0, 0.1) is 0 Å². The number of imide groups is 1. The molecule has 2 atom stereocenters. The number of carbonyl (C=O) groups excluding carboxylic acids is 3. The van der Waals surface area contributed by atoms with Gasteiger partial charge in [0.05, 0.1) is 24.2 Å². The van der Waals surface area contributed by atoms with Crippen molar-refractivity contribution >= 4 is 46.7 Å². The maximum atomic E-state index is 12.5. The molecule has 0 saturated carbocycles. The molecule has 2 saturated heterocycles.